The number of benzene rings is 2. The fourth-order valence-electron chi connectivity index (χ4n) is 2.20. The highest BCUT2D eigenvalue weighted by Gasteiger charge is 2.09. The van der Waals surface area contributed by atoms with Crippen molar-refractivity contribution in [2.45, 2.75) is 13.5 Å². The summed E-state index contributed by atoms with van der Waals surface area (Å²) in [5.74, 6) is 1.87. The zero-order valence-electron chi connectivity index (χ0n) is 11.1. The molecule has 0 fully saturated rings. The fourth-order valence-corrected chi connectivity index (χ4v) is 2.20. The van der Waals surface area contributed by atoms with Gasteiger partial charge in [-0.05, 0) is 24.6 Å². The molecule has 0 saturated heterocycles. The standard InChI is InChI=1S/C16H16N2O/c1-12-17-14-9-6-10-15(16(14)18(12)2)19-11-13-7-4-3-5-8-13/h3-10H,11H2,1-2H3. The lowest BCUT2D eigenvalue weighted by Crippen LogP contribution is -1.98. The fraction of sp³-hybridized carbons (Fsp3) is 0.188. The molecule has 0 amide bonds. The summed E-state index contributed by atoms with van der Waals surface area (Å²) in [6, 6.07) is 16.2. The number of nitrogens with zero attached hydrogens (tertiary/aromatic N) is 2. The van der Waals surface area contributed by atoms with Gasteiger partial charge in [0, 0.05) is 7.05 Å². The van der Waals surface area contributed by atoms with Crippen LogP contribution < -0.4 is 4.74 Å². The molecule has 1 heterocycles. The maximum absolute atomic E-state index is 5.94. The lowest BCUT2D eigenvalue weighted by molar-refractivity contribution is 0.309. The van der Waals surface area contributed by atoms with Gasteiger partial charge in [0.2, 0.25) is 0 Å². The summed E-state index contributed by atoms with van der Waals surface area (Å²) >= 11 is 0. The predicted molar refractivity (Wildman–Crippen MR) is 76.2 cm³/mol. The molecule has 19 heavy (non-hydrogen) atoms. The van der Waals surface area contributed by atoms with Crippen molar-refractivity contribution in [1.29, 1.82) is 0 Å². The minimum absolute atomic E-state index is 0.574. The summed E-state index contributed by atoms with van der Waals surface area (Å²) in [6.45, 7) is 2.57. The van der Waals surface area contributed by atoms with Gasteiger partial charge in [0.05, 0.1) is 5.52 Å². The van der Waals surface area contributed by atoms with Crippen LogP contribution in [0.2, 0.25) is 0 Å². The maximum atomic E-state index is 5.94. The van der Waals surface area contributed by atoms with E-state index in [1.54, 1.807) is 0 Å². The molecule has 3 nitrogen and oxygen atoms in total. The number of aryl methyl sites for hydroxylation is 2. The number of hydrogen-bond acceptors (Lipinski definition) is 2. The number of aromatic nitrogens is 2. The summed E-state index contributed by atoms with van der Waals surface area (Å²) in [6.07, 6.45) is 0. The molecule has 96 valence electrons. The summed E-state index contributed by atoms with van der Waals surface area (Å²) in [5, 5.41) is 0. The van der Waals surface area contributed by atoms with Gasteiger partial charge in [0.1, 0.15) is 23.7 Å². The molecule has 3 aromatic rings. The van der Waals surface area contributed by atoms with Crippen molar-refractivity contribution < 1.29 is 4.74 Å². The molecule has 0 spiro atoms. The number of rotatable bonds is 3. The Labute approximate surface area is 112 Å². The minimum Gasteiger partial charge on any atom is -0.487 e. The van der Waals surface area contributed by atoms with Gasteiger partial charge in [-0.25, -0.2) is 4.98 Å². The van der Waals surface area contributed by atoms with E-state index in [9.17, 15) is 0 Å². The first-order valence-electron chi connectivity index (χ1n) is 6.34. The second-order valence-corrected chi connectivity index (χ2v) is 4.62. The molecule has 3 rings (SSSR count). The van der Waals surface area contributed by atoms with E-state index in [0.717, 1.165) is 22.6 Å². The molecule has 0 aliphatic carbocycles. The van der Waals surface area contributed by atoms with Crippen molar-refractivity contribution in [1.82, 2.24) is 9.55 Å². The van der Waals surface area contributed by atoms with Crippen LogP contribution in [0.1, 0.15) is 11.4 Å². The van der Waals surface area contributed by atoms with Crippen LogP contribution in [0.15, 0.2) is 48.5 Å². The lowest BCUT2D eigenvalue weighted by atomic mass is 10.2. The molecule has 0 aliphatic heterocycles. The first kappa shape index (κ1) is 11.8. The smallest absolute Gasteiger partial charge is 0.145 e. The molecular formula is C16H16N2O. The number of hydrogen-bond donors (Lipinski definition) is 0. The van der Waals surface area contributed by atoms with E-state index in [0.29, 0.717) is 6.61 Å². The van der Waals surface area contributed by atoms with Gasteiger partial charge in [-0.2, -0.15) is 0 Å². The summed E-state index contributed by atoms with van der Waals surface area (Å²) < 4.78 is 8.00. The van der Waals surface area contributed by atoms with Crippen LogP contribution in [0, 0.1) is 6.92 Å². The van der Waals surface area contributed by atoms with Crippen molar-refractivity contribution >= 4 is 11.0 Å². The summed E-state index contributed by atoms with van der Waals surface area (Å²) in [4.78, 5) is 4.51. The monoisotopic (exact) mass is 252 g/mol. The van der Waals surface area contributed by atoms with E-state index in [1.807, 2.05) is 50.4 Å². The van der Waals surface area contributed by atoms with Crippen molar-refractivity contribution in [3.63, 3.8) is 0 Å². The van der Waals surface area contributed by atoms with Crippen LogP contribution in [0.5, 0.6) is 5.75 Å². The number of fused-ring (bicyclic) bond motifs is 1. The van der Waals surface area contributed by atoms with Crippen molar-refractivity contribution in [3.05, 3.63) is 59.9 Å². The Morgan fingerprint density at radius 2 is 1.84 bits per heavy atom. The van der Waals surface area contributed by atoms with Crippen LogP contribution >= 0.6 is 0 Å². The molecule has 0 atom stereocenters. The van der Waals surface area contributed by atoms with Gasteiger partial charge in [0.25, 0.3) is 0 Å². The zero-order valence-corrected chi connectivity index (χ0v) is 11.1. The Hall–Kier alpha value is -2.29. The van der Waals surface area contributed by atoms with E-state index in [2.05, 4.69) is 21.7 Å². The van der Waals surface area contributed by atoms with Crippen LogP contribution in [0.4, 0.5) is 0 Å². The highest BCUT2D eigenvalue weighted by molar-refractivity contribution is 5.82. The van der Waals surface area contributed by atoms with Gasteiger partial charge in [0.15, 0.2) is 0 Å². The predicted octanol–water partition coefficient (Wildman–Crippen LogP) is 3.46. The largest absolute Gasteiger partial charge is 0.487 e. The molecule has 0 radical (unpaired) electrons. The molecule has 0 bridgehead atoms. The topological polar surface area (TPSA) is 27.1 Å². The normalized spacial score (nSPS) is 10.8. The van der Waals surface area contributed by atoms with Crippen LogP contribution in [0.25, 0.3) is 11.0 Å². The number of imidazole rings is 1. The van der Waals surface area contributed by atoms with Gasteiger partial charge in [-0.3, -0.25) is 0 Å². The van der Waals surface area contributed by atoms with Crippen molar-refractivity contribution in [2.24, 2.45) is 7.05 Å². The first-order chi connectivity index (χ1) is 9.25. The van der Waals surface area contributed by atoms with E-state index in [1.165, 1.54) is 5.56 Å². The van der Waals surface area contributed by atoms with E-state index < -0.39 is 0 Å². The Kier molecular flexibility index (Phi) is 2.95. The zero-order chi connectivity index (χ0) is 13.2. The van der Waals surface area contributed by atoms with E-state index in [-0.39, 0.29) is 0 Å². The quantitative estimate of drug-likeness (QED) is 0.713. The van der Waals surface area contributed by atoms with Gasteiger partial charge in [-0.15, -0.1) is 0 Å². The minimum atomic E-state index is 0.574. The second kappa shape index (κ2) is 4.76. The Morgan fingerprint density at radius 1 is 1.05 bits per heavy atom. The van der Waals surface area contributed by atoms with E-state index in [4.69, 9.17) is 4.74 Å². The van der Waals surface area contributed by atoms with Crippen molar-refractivity contribution in [2.75, 3.05) is 0 Å². The third kappa shape index (κ3) is 2.19. The molecule has 0 aliphatic rings. The van der Waals surface area contributed by atoms with Crippen LogP contribution in [0.3, 0.4) is 0 Å². The van der Waals surface area contributed by atoms with Gasteiger partial charge in [-0.1, -0.05) is 36.4 Å². The molecule has 0 unspecified atom stereocenters. The Morgan fingerprint density at radius 3 is 2.63 bits per heavy atom. The number of ether oxygens (including phenoxy) is 1. The molecule has 0 saturated carbocycles. The average Bonchev–Trinajstić information content (AvgIpc) is 2.74. The lowest BCUT2D eigenvalue weighted by Gasteiger charge is -2.08. The highest BCUT2D eigenvalue weighted by Crippen LogP contribution is 2.26. The third-order valence-electron chi connectivity index (χ3n) is 3.32. The maximum Gasteiger partial charge on any atom is 0.145 e. The molecule has 0 N–H and O–H groups in total. The molecule has 2 aromatic carbocycles. The molecular weight excluding hydrogens is 236 g/mol. The Balaban J connectivity index is 1.93. The second-order valence-electron chi connectivity index (χ2n) is 4.62. The summed E-state index contributed by atoms with van der Waals surface area (Å²) in [7, 11) is 2.01. The molecule has 1 aromatic heterocycles. The van der Waals surface area contributed by atoms with Crippen LogP contribution in [-0.4, -0.2) is 9.55 Å². The first-order valence-corrected chi connectivity index (χ1v) is 6.34. The highest BCUT2D eigenvalue weighted by atomic mass is 16.5. The third-order valence-corrected chi connectivity index (χ3v) is 3.32. The van der Waals surface area contributed by atoms with Gasteiger partial charge >= 0.3 is 0 Å². The van der Waals surface area contributed by atoms with Gasteiger partial charge < -0.3 is 9.30 Å². The summed E-state index contributed by atoms with van der Waals surface area (Å²) in [5.41, 5.74) is 3.19. The van der Waals surface area contributed by atoms with E-state index >= 15 is 0 Å². The molecule has 3 heteroatoms. The van der Waals surface area contributed by atoms with Crippen molar-refractivity contribution in [3.8, 4) is 5.75 Å². The number of para-hydroxylation sites is 1. The van der Waals surface area contributed by atoms with Crippen LogP contribution in [-0.2, 0) is 13.7 Å². The average molecular weight is 252 g/mol. The SMILES string of the molecule is Cc1nc2cccc(OCc3ccccc3)c2n1C. The Bertz CT molecular complexity index is 701.